The first-order valence-electron chi connectivity index (χ1n) is 14.7. The zero-order valence-corrected chi connectivity index (χ0v) is 24.6. The number of benzene rings is 2. The van der Waals surface area contributed by atoms with Crippen LogP contribution in [-0.2, 0) is 25.8 Å². The lowest BCUT2D eigenvalue weighted by molar-refractivity contribution is 0.0952. The molecule has 4 N–H and O–H groups in total. The van der Waals surface area contributed by atoms with Gasteiger partial charge in [-0.05, 0) is 62.3 Å². The standard InChI is InChI=1S/C32H39N7OS/c1-2-3-5-10-23-15-17-24(18-16-23)31(40)34-19-20-39-21-25(37-38-39)11-6-4-7-13-28-30(36-32(33)35-28)27-22-41-29-14-9-8-12-26(27)29/h8-9,12,14-18,21-22H,2-7,10-11,13,19-20H2,1H3,(H,34,40)(H3,33,35,36). The number of nitrogens with zero attached hydrogens (tertiary/aromatic N) is 4. The Labute approximate surface area is 245 Å². The molecule has 214 valence electrons. The molecule has 0 saturated heterocycles. The fourth-order valence-electron chi connectivity index (χ4n) is 5.13. The molecule has 0 aliphatic carbocycles. The van der Waals surface area contributed by atoms with Gasteiger partial charge in [-0.3, -0.25) is 9.48 Å². The number of amides is 1. The second-order valence-electron chi connectivity index (χ2n) is 10.5. The Morgan fingerprint density at radius 1 is 1.00 bits per heavy atom. The predicted molar refractivity (Wildman–Crippen MR) is 167 cm³/mol. The molecule has 41 heavy (non-hydrogen) atoms. The number of aromatic nitrogens is 5. The van der Waals surface area contributed by atoms with Crippen molar-refractivity contribution in [1.29, 1.82) is 0 Å². The van der Waals surface area contributed by atoms with Crippen LogP contribution in [-0.4, -0.2) is 37.4 Å². The number of rotatable bonds is 15. The molecule has 0 bridgehead atoms. The highest BCUT2D eigenvalue weighted by molar-refractivity contribution is 7.17. The number of nitrogens with two attached hydrogens (primary N) is 1. The number of thiophene rings is 1. The van der Waals surface area contributed by atoms with E-state index in [-0.39, 0.29) is 5.91 Å². The van der Waals surface area contributed by atoms with Crippen LogP contribution >= 0.6 is 11.3 Å². The molecule has 0 radical (unpaired) electrons. The highest BCUT2D eigenvalue weighted by atomic mass is 32.1. The van der Waals surface area contributed by atoms with Crippen molar-refractivity contribution in [2.45, 2.75) is 71.3 Å². The summed E-state index contributed by atoms with van der Waals surface area (Å²) in [6.45, 7) is 3.31. The van der Waals surface area contributed by atoms with Crippen LogP contribution in [0.25, 0.3) is 21.3 Å². The van der Waals surface area contributed by atoms with Gasteiger partial charge in [-0.1, -0.05) is 61.7 Å². The van der Waals surface area contributed by atoms with Crippen molar-refractivity contribution in [3.8, 4) is 11.3 Å². The normalized spacial score (nSPS) is 11.3. The minimum Gasteiger partial charge on any atom is -0.369 e. The summed E-state index contributed by atoms with van der Waals surface area (Å²) >= 11 is 1.74. The Bertz CT molecular complexity index is 1550. The Hall–Kier alpha value is -3.98. The van der Waals surface area contributed by atoms with E-state index in [0.29, 0.717) is 24.6 Å². The number of carbonyl (C=O) groups excluding carboxylic acids is 1. The molecule has 0 aliphatic heterocycles. The Morgan fingerprint density at radius 2 is 1.80 bits per heavy atom. The third kappa shape index (κ3) is 7.61. The number of fused-ring (bicyclic) bond motifs is 1. The van der Waals surface area contributed by atoms with Gasteiger partial charge in [-0.25, -0.2) is 4.98 Å². The first-order chi connectivity index (χ1) is 20.1. The lowest BCUT2D eigenvalue weighted by Crippen LogP contribution is -2.27. The van der Waals surface area contributed by atoms with Gasteiger partial charge in [0.05, 0.1) is 17.9 Å². The van der Waals surface area contributed by atoms with E-state index < -0.39 is 0 Å². The predicted octanol–water partition coefficient (Wildman–Crippen LogP) is 6.58. The Kier molecular flexibility index (Phi) is 9.80. The fourth-order valence-corrected chi connectivity index (χ4v) is 6.08. The van der Waals surface area contributed by atoms with Crippen LogP contribution in [0.2, 0.25) is 0 Å². The highest BCUT2D eigenvalue weighted by Crippen LogP contribution is 2.35. The van der Waals surface area contributed by atoms with Gasteiger partial charge in [-0.15, -0.1) is 16.4 Å². The fraction of sp³-hybridized carbons (Fsp3) is 0.375. The summed E-state index contributed by atoms with van der Waals surface area (Å²) in [5, 5.41) is 14.9. The molecule has 0 unspecified atom stereocenters. The molecule has 9 heteroatoms. The number of anilines is 1. The van der Waals surface area contributed by atoms with Gasteiger partial charge in [0.2, 0.25) is 0 Å². The highest BCUT2D eigenvalue weighted by Gasteiger charge is 2.15. The number of nitrogen functional groups attached to an aromatic ring is 1. The van der Waals surface area contributed by atoms with Crippen LogP contribution < -0.4 is 11.1 Å². The van der Waals surface area contributed by atoms with Gasteiger partial charge in [-0.2, -0.15) is 0 Å². The molecular weight excluding hydrogens is 530 g/mol. The van der Waals surface area contributed by atoms with Crippen molar-refractivity contribution in [1.82, 2.24) is 30.3 Å². The van der Waals surface area contributed by atoms with E-state index in [0.717, 1.165) is 61.2 Å². The van der Waals surface area contributed by atoms with Crippen LogP contribution in [0.4, 0.5) is 5.95 Å². The summed E-state index contributed by atoms with van der Waals surface area (Å²) in [6.07, 6.45) is 11.6. The molecule has 0 aliphatic rings. The molecule has 0 saturated carbocycles. The zero-order chi connectivity index (χ0) is 28.4. The van der Waals surface area contributed by atoms with Gasteiger partial charge in [0, 0.05) is 45.0 Å². The molecule has 2 aromatic carbocycles. The van der Waals surface area contributed by atoms with Crippen molar-refractivity contribution in [2.24, 2.45) is 0 Å². The number of hydrogen-bond acceptors (Lipinski definition) is 6. The van der Waals surface area contributed by atoms with Gasteiger partial charge in [0.25, 0.3) is 5.91 Å². The summed E-state index contributed by atoms with van der Waals surface area (Å²) in [5.74, 6) is 0.411. The number of hydrogen-bond donors (Lipinski definition) is 3. The topological polar surface area (TPSA) is 115 Å². The van der Waals surface area contributed by atoms with Crippen LogP contribution in [0, 0.1) is 0 Å². The SMILES string of the molecule is CCCCCc1ccc(C(=O)NCCn2cc(CCCCCc3[nH]c(N)nc3-c3csc4ccccc34)nn2)cc1. The monoisotopic (exact) mass is 569 g/mol. The molecule has 5 rings (SSSR count). The van der Waals surface area contributed by atoms with Crippen molar-refractivity contribution in [3.05, 3.63) is 82.6 Å². The van der Waals surface area contributed by atoms with E-state index in [1.165, 1.54) is 34.9 Å². The Balaban J connectivity index is 1.02. The van der Waals surface area contributed by atoms with E-state index in [1.807, 2.05) is 18.3 Å². The van der Waals surface area contributed by atoms with Crippen molar-refractivity contribution >= 4 is 33.3 Å². The number of aromatic amines is 1. The average Bonchev–Trinajstić information content (AvgIpc) is 3.71. The summed E-state index contributed by atoms with van der Waals surface area (Å²) in [5.41, 5.74) is 12.2. The van der Waals surface area contributed by atoms with E-state index in [4.69, 9.17) is 5.73 Å². The first-order valence-corrected chi connectivity index (χ1v) is 15.6. The molecule has 0 atom stereocenters. The third-order valence-electron chi connectivity index (χ3n) is 7.39. The molecule has 3 heterocycles. The van der Waals surface area contributed by atoms with Crippen LogP contribution in [0.5, 0.6) is 0 Å². The molecule has 5 aromatic rings. The minimum atomic E-state index is -0.0557. The third-order valence-corrected chi connectivity index (χ3v) is 8.35. The number of unbranched alkanes of at least 4 members (excludes halogenated alkanes) is 4. The van der Waals surface area contributed by atoms with Crippen LogP contribution in [0.15, 0.2) is 60.1 Å². The summed E-state index contributed by atoms with van der Waals surface area (Å²) in [6, 6.07) is 16.4. The maximum Gasteiger partial charge on any atom is 0.251 e. The smallest absolute Gasteiger partial charge is 0.251 e. The van der Waals surface area contributed by atoms with Crippen molar-refractivity contribution < 1.29 is 4.79 Å². The van der Waals surface area contributed by atoms with E-state index in [2.05, 4.69) is 74.3 Å². The summed E-state index contributed by atoms with van der Waals surface area (Å²) in [4.78, 5) is 20.4. The number of nitrogens with one attached hydrogen (secondary N) is 2. The molecule has 8 nitrogen and oxygen atoms in total. The number of imidazole rings is 1. The number of aryl methyl sites for hydroxylation is 3. The van der Waals surface area contributed by atoms with Gasteiger partial charge < -0.3 is 16.0 Å². The summed E-state index contributed by atoms with van der Waals surface area (Å²) < 4.78 is 3.06. The quantitative estimate of drug-likeness (QED) is 0.123. The molecule has 1 amide bonds. The number of carbonyl (C=O) groups is 1. The first kappa shape index (κ1) is 28.5. The second kappa shape index (κ2) is 14.1. The molecule has 0 spiro atoms. The maximum absolute atomic E-state index is 12.5. The average molecular weight is 570 g/mol. The summed E-state index contributed by atoms with van der Waals surface area (Å²) in [7, 11) is 0. The van der Waals surface area contributed by atoms with Crippen molar-refractivity contribution in [3.63, 3.8) is 0 Å². The zero-order valence-electron chi connectivity index (χ0n) is 23.7. The van der Waals surface area contributed by atoms with E-state index >= 15 is 0 Å². The van der Waals surface area contributed by atoms with Crippen molar-refractivity contribution in [2.75, 3.05) is 12.3 Å². The van der Waals surface area contributed by atoms with E-state index in [9.17, 15) is 4.79 Å². The minimum absolute atomic E-state index is 0.0557. The molecule has 0 fully saturated rings. The van der Waals surface area contributed by atoms with Gasteiger partial charge >= 0.3 is 0 Å². The van der Waals surface area contributed by atoms with Crippen LogP contribution in [0.1, 0.15) is 72.8 Å². The largest absolute Gasteiger partial charge is 0.369 e. The maximum atomic E-state index is 12.5. The Morgan fingerprint density at radius 3 is 2.66 bits per heavy atom. The molecule has 3 aromatic heterocycles. The van der Waals surface area contributed by atoms with Gasteiger partial charge in [0.1, 0.15) is 0 Å². The van der Waals surface area contributed by atoms with Gasteiger partial charge in [0.15, 0.2) is 5.95 Å². The van der Waals surface area contributed by atoms with E-state index in [1.54, 1.807) is 16.0 Å². The molecular formula is C32H39N7OS. The number of H-pyrrole nitrogens is 1. The lowest BCUT2D eigenvalue weighted by Gasteiger charge is -2.06. The van der Waals surface area contributed by atoms with Crippen LogP contribution in [0.3, 0.4) is 0 Å². The lowest BCUT2D eigenvalue weighted by atomic mass is 10.0. The second-order valence-corrected chi connectivity index (χ2v) is 11.4.